The zero-order valence-electron chi connectivity index (χ0n) is 15.8. The molecule has 158 valence electrons. The summed E-state index contributed by atoms with van der Waals surface area (Å²) in [4.78, 5) is -0.847. The fourth-order valence-electron chi connectivity index (χ4n) is 2.64. The first kappa shape index (κ1) is 21.6. The minimum Gasteiger partial charge on any atom is -0.477 e. The van der Waals surface area contributed by atoms with E-state index in [2.05, 4.69) is 14.9 Å². The molecule has 0 bridgehead atoms. The molecule has 1 aromatic heterocycles. The third kappa shape index (κ3) is 5.07. The van der Waals surface area contributed by atoms with Gasteiger partial charge in [0.05, 0.1) is 22.8 Å². The molecule has 2 aromatic carbocycles. The monoisotopic (exact) mass is 437 g/mol. The summed E-state index contributed by atoms with van der Waals surface area (Å²) in [6.45, 7) is 2.46. The van der Waals surface area contributed by atoms with Crippen LogP contribution in [0.4, 0.5) is 18.9 Å². The molecule has 0 fully saturated rings. The smallest absolute Gasteiger partial charge is 0.417 e. The summed E-state index contributed by atoms with van der Waals surface area (Å²) < 4.78 is 72.4. The summed E-state index contributed by atoms with van der Waals surface area (Å²) in [5.74, 6) is 0.362. The molecule has 0 radical (unpaired) electrons. The number of rotatable bonds is 7. The SMILES string of the molecule is CCCOc1ccc(-c2cccc(NS(=O)(=O)c3ccccc3C(F)(F)F)c2)nn1. The summed E-state index contributed by atoms with van der Waals surface area (Å²) in [5, 5.41) is 7.99. The van der Waals surface area contributed by atoms with Crippen molar-refractivity contribution in [3.8, 4) is 17.1 Å². The summed E-state index contributed by atoms with van der Waals surface area (Å²) in [7, 11) is -4.47. The molecule has 3 aromatic rings. The highest BCUT2D eigenvalue weighted by atomic mass is 32.2. The highest BCUT2D eigenvalue weighted by Gasteiger charge is 2.36. The molecule has 1 heterocycles. The number of hydrogen-bond acceptors (Lipinski definition) is 5. The van der Waals surface area contributed by atoms with E-state index in [-0.39, 0.29) is 5.69 Å². The fraction of sp³-hybridized carbons (Fsp3) is 0.200. The molecule has 0 saturated heterocycles. The Kier molecular flexibility index (Phi) is 6.25. The Hall–Kier alpha value is -3.14. The van der Waals surface area contributed by atoms with E-state index in [1.807, 2.05) is 6.92 Å². The van der Waals surface area contributed by atoms with Gasteiger partial charge in [0.15, 0.2) is 0 Å². The number of halogens is 3. The van der Waals surface area contributed by atoms with E-state index in [0.717, 1.165) is 24.6 Å². The summed E-state index contributed by atoms with van der Waals surface area (Å²) in [5.41, 5.74) is -0.149. The van der Waals surface area contributed by atoms with Crippen molar-refractivity contribution in [2.45, 2.75) is 24.4 Å². The number of anilines is 1. The zero-order chi connectivity index (χ0) is 21.8. The predicted molar refractivity (Wildman–Crippen MR) is 106 cm³/mol. The van der Waals surface area contributed by atoms with Gasteiger partial charge in [-0.3, -0.25) is 4.72 Å². The second-order valence-electron chi connectivity index (χ2n) is 6.29. The van der Waals surface area contributed by atoms with Crippen LogP contribution in [0.5, 0.6) is 5.88 Å². The summed E-state index contributed by atoms with van der Waals surface area (Å²) in [6, 6.07) is 13.4. The summed E-state index contributed by atoms with van der Waals surface area (Å²) in [6.07, 6.45) is -3.98. The largest absolute Gasteiger partial charge is 0.477 e. The Labute approximate surface area is 171 Å². The molecule has 0 aliphatic heterocycles. The van der Waals surface area contributed by atoms with E-state index in [9.17, 15) is 21.6 Å². The van der Waals surface area contributed by atoms with E-state index in [1.54, 1.807) is 24.3 Å². The quantitative estimate of drug-likeness (QED) is 0.577. The van der Waals surface area contributed by atoms with E-state index in [0.29, 0.717) is 23.7 Å². The molecule has 0 atom stereocenters. The van der Waals surface area contributed by atoms with Crippen LogP contribution in [-0.4, -0.2) is 25.2 Å². The Morgan fingerprint density at radius 2 is 1.77 bits per heavy atom. The number of nitrogens with zero attached hydrogens (tertiary/aromatic N) is 2. The molecule has 10 heteroatoms. The van der Waals surface area contributed by atoms with Crippen LogP contribution in [-0.2, 0) is 16.2 Å². The second-order valence-corrected chi connectivity index (χ2v) is 7.94. The van der Waals surface area contributed by atoms with Crippen molar-refractivity contribution in [3.63, 3.8) is 0 Å². The lowest BCUT2D eigenvalue weighted by atomic mass is 10.1. The first-order valence-electron chi connectivity index (χ1n) is 8.97. The third-order valence-corrected chi connectivity index (χ3v) is 5.43. The molecule has 0 saturated carbocycles. The van der Waals surface area contributed by atoms with Crippen LogP contribution in [0.15, 0.2) is 65.6 Å². The van der Waals surface area contributed by atoms with Gasteiger partial charge in [0.1, 0.15) is 0 Å². The first-order valence-corrected chi connectivity index (χ1v) is 10.4. The summed E-state index contributed by atoms with van der Waals surface area (Å²) >= 11 is 0. The Balaban J connectivity index is 1.87. The number of sulfonamides is 1. The first-order chi connectivity index (χ1) is 14.2. The molecular formula is C20H18F3N3O3S. The van der Waals surface area contributed by atoms with Gasteiger partial charge in [0.2, 0.25) is 5.88 Å². The van der Waals surface area contributed by atoms with Crippen LogP contribution in [0.2, 0.25) is 0 Å². The van der Waals surface area contributed by atoms with Crippen LogP contribution in [0.3, 0.4) is 0 Å². The van der Waals surface area contributed by atoms with E-state index >= 15 is 0 Å². The van der Waals surface area contributed by atoms with Crippen LogP contribution in [0.25, 0.3) is 11.3 Å². The molecule has 0 aliphatic carbocycles. The highest BCUT2D eigenvalue weighted by Crippen LogP contribution is 2.34. The van der Waals surface area contributed by atoms with Crippen LogP contribution < -0.4 is 9.46 Å². The normalized spacial score (nSPS) is 11.9. The lowest BCUT2D eigenvalue weighted by molar-refractivity contribution is -0.139. The number of ether oxygens (including phenoxy) is 1. The van der Waals surface area contributed by atoms with Gasteiger partial charge in [-0.1, -0.05) is 31.2 Å². The molecule has 30 heavy (non-hydrogen) atoms. The molecule has 3 rings (SSSR count). The maximum atomic E-state index is 13.2. The van der Waals surface area contributed by atoms with Crippen molar-refractivity contribution in [1.82, 2.24) is 10.2 Å². The van der Waals surface area contributed by atoms with E-state index in [4.69, 9.17) is 4.74 Å². The number of benzene rings is 2. The van der Waals surface area contributed by atoms with E-state index in [1.165, 1.54) is 18.2 Å². The average molecular weight is 437 g/mol. The van der Waals surface area contributed by atoms with Crippen LogP contribution >= 0.6 is 0 Å². The molecule has 0 amide bonds. The number of alkyl halides is 3. The van der Waals surface area contributed by atoms with Crippen LogP contribution in [0.1, 0.15) is 18.9 Å². The van der Waals surface area contributed by atoms with Crippen molar-refractivity contribution in [2.75, 3.05) is 11.3 Å². The number of aromatic nitrogens is 2. The molecule has 6 nitrogen and oxygen atoms in total. The van der Waals surface area contributed by atoms with Gasteiger partial charge in [-0.25, -0.2) is 8.42 Å². The Morgan fingerprint density at radius 3 is 2.43 bits per heavy atom. The molecule has 0 spiro atoms. The highest BCUT2D eigenvalue weighted by molar-refractivity contribution is 7.92. The molecule has 1 N–H and O–H groups in total. The molecule has 0 unspecified atom stereocenters. The van der Waals surface area contributed by atoms with Gasteiger partial charge >= 0.3 is 6.18 Å². The molecular weight excluding hydrogens is 419 g/mol. The topological polar surface area (TPSA) is 81.2 Å². The number of nitrogens with one attached hydrogen (secondary N) is 1. The maximum Gasteiger partial charge on any atom is 0.417 e. The fourth-order valence-corrected chi connectivity index (χ4v) is 3.92. The van der Waals surface area contributed by atoms with Crippen molar-refractivity contribution in [1.29, 1.82) is 0 Å². The Morgan fingerprint density at radius 1 is 1.00 bits per heavy atom. The number of hydrogen-bond donors (Lipinski definition) is 1. The van der Waals surface area contributed by atoms with Crippen molar-refractivity contribution >= 4 is 15.7 Å². The lowest BCUT2D eigenvalue weighted by Crippen LogP contribution is -2.18. The Bertz CT molecular complexity index is 1120. The van der Waals surface area contributed by atoms with Crippen molar-refractivity contribution in [3.05, 3.63) is 66.2 Å². The van der Waals surface area contributed by atoms with E-state index < -0.39 is 26.7 Å². The molecule has 0 aliphatic rings. The second kappa shape index (κ2) is 8.70. The minimum absolute atomic E-state index is 0.0950. The van der Waals surface area contributed by atoms with Gasteiger partial charge in [0.25, 0.3) is 10.0 Å². The average Bonchev–Trinajstić information content (AvgIpc) is 2.72. The lowest BCUT2D eigenvalue weighted by Gasteiger charge is -2.14. The van der Waals surface area contributed by atoms with Crippen molar-refractivity contribution in [2.24, 2.45) is 0 Å². The van der Waals surface area contributed by atoms with Crippen molar-refractivity contribution < 1.29 is 26.3 Å². The standard InChI is InChI=1S/C20H18F3N3O3S/c1-2-12-29-19-11-10-17(24-25-19)14-6-5-7-15(13-14)26-30(27,28)18-9-4-3-8-16(18)20(21,22)23/h3-11,13,26H,2,12H2,1H3. The third-order valence-electron chi connectivity index (χ3n) is 3.99. The maximum absolute atomic E-state index is 13.2. The van der Waals surface area contributed by atoms with Gasteiger partial charge in [-0.05, 0) is 36.8 Å². The van der Waals surface area contributed by atoms with Gasteiger partial charge in [0, 0.05) is 17.3 Å². The predicted octanol–water partition coefficient (Wildman–Crippen LogP) is 4.75. The zero-order valence-corrected chi connectivity index (χ0v) is 16.7. The van der Waals surface area contributed by atoms with Gasteiger partial charge in [-0.2, -0.15) is 13.2 Å². The van der Waals surface area contributed by atoms with Crippen LogP contribution in [0, 0.1) is 0 Å². The van der Waals surface area contributed by atoms with Gasteiger partial charge < -0.3 is 4.74 Å². The van der Waals surface area contributed by atoms with Gasteiger partial charge in [-0.15, -0.1) is 10.2 Å². The minimum atomic E-state index is -4.80.